The van der Waals surface area contributed by atoms with Gasteiger partial charge < -0.3 is 20.5 Å². The number of hydrogen-bond acceptors (Lipinski definition) is 3. The Bertz CT molecular complexity index is 635. The standard InChI is InChI=1S/C19H24N2O3/c1-3-17(13-22)21-19(23)20-12-14-4-6-15(7-5-14)16-8-10-18(24-2)11-9-16/h4-11,17,22H,3,12-13H2,1-2H3,(H2,20,21,23). The van der Waals surface area contributed by atoms with Gasteiger partial charge in [-0.3, -0.25) is 0 Å². The van der Waals surface area contributed by atoms with Crippen LogP contribution in [0.3, 0.4) is 0 Å². The first kappa shape index (κ1) is 17.8. The molecule has 0 radical (unpaired) electrons. The largest absolute Gasteiger partial charge is 0.497 e. The lowest BCUT2D eigenvalue weighted by Crippen LogP contribution is -2.43. The maximum atomic E-state index is 11.7. The summed E-state index contributed by atoms with van der Waals surface area (Å²) in [6.07, 6.45) is 0.695. The zero-order valence-electron chi connectivity index (χ0n) is 14.1. The molecular formula is C19H24N2O3. The third-order valence-corrected chi connectivity index (χ3v) is 3.88. The molecule has 2 aromatic carbocycles. The van der Waals surface area contributed by atoms with Gasteiger partial charge in [-0.25, -0.2) is 4.79 Å². The fourth-order valence-corrected chi connectivity index (χ4v) is 2.29. The average Bonchev–Trinajstić information content (AvgIpc) is 2.65. The first-order valence-corrected chi connectivity index (χ1v) is 8.04. The molecule has 0 aliphatic carbocycles. The Morgan fingerprint density at radius 2 is 1.67 bits per heavy atom. The van der Waals surface area contributed by atoms with E-state index in [0.717, 1.165) is 22.4 Å². The number of amides is 2. The van der Waals surface area contributed by atoms with Crippen molar-refractivity contribution in [3.63, 3.8) is 0 Å². The van der Waals surface area contributed by atoms with Gasteiger partial charge in [0.1, 0.15) is 5.75 Å². The Morgan fingerprint density at radius 3 is 2.17 bits per heavy atom. The predicted molar refractivity (Wildman–Crippen MR) is 95.0 cm³/mol. The quantitative estimate of drug-likeness (QED) is 0.732. The van der Waals surface area contributed by atoms with E-state index < -0.39 is 0 Å². The summed E-state index contributed by atoms with van der Waals surface area (Å²) in [5.74, 6) is 0.832. The molecule has 0 saturated heterocycles. The lowest BCUT2D eigenvalue weighted by molar-refractivity contribution is 0.214. The molecule has 5 heteroatoms. The van der Waals surface area contributed by atoms with Crippen LogP contribution in [0.5, 0.6) is 5.75 Å². The fourth-order valence-electron chi connectivity index (χ4n) is 2.29. The van der Waals surface area contributed by atoms with Crippen LogP contribution in [-0.2, 0) is 6.54 Å². The lowest BCUT2D eigenvalue weighted by Gasteiger charge is -2.14. The van der Waals surface area contributed by atoms with Crippen molar-refractivity contribution in [2.75, 3.05) is 13.7 Å². The summed E-state index contributed by atoms with van der Waals surface area (Å²) >= 11 is 0. The summed E-state index contributed by atoms with van der Waals surface area (Å²) < 4.78 is 5.16. The molecule has 0 spiro atoms. The molecule has 24 heavy (non-hydrogen) atoms. The van der Waals surface area contributed by atoms with Crippen molar-refractivity contribution < 1.29 is 14.6 Å². The third kappa shape index (κ3) is 4.99. The first-order chi connectivity index (χ1) is 11.7. The zero-order valence-corrected chi connectivity index (χ0v) is 14.1. The molecule has 2 aromatic rings. The molecule has 0 aliphatic rings. The second-order valence-electron chi connectivity index (χ2n) is 5.54. The van der Waals surface area contributed by atoms with Crippen molar-refractivity contribution in [1.82, 2.24) is 10.6 Å². The smallest absolute Gasteiger partial charge is 0.315 e. The zero-order chi connectivity index (χ0) is 17.4. The van der Waals surface area contributed by atoms with E-state index in [-0.39, 0.29) is 18.7 Å². The van der Waals surface area contributed by atoms with E-state index in [4.69, 9.17) is 9.84 Å². The molecule has 2 amide bonds. The minimum atomic E-state index is -0.268. The van der Waals surface area contributed by atoms with Gasteiger partial charge in [-0.15, -0.1) is 0 Å². The molecule has 1 atom stereocenters. The van der Waals surface area contributed by atoms with Crippen LogP contribution in [0.25, 0.3) is 11.1 Å². The number of aliphatic hydroxyl groups is 1. The Hall–Kier alpha value is -2.53. The summed E-state index contributed by atoms with van der Waals surface area (Å²) in [7, 11) is 1.65. The number of aliphatic hydroxyl groups excluding tert-OH is 1. The van der Waals surface area contributed by atoms with Crippen molar-refractivity contribution in [2.24, 2.45) is 0 Å². The summed E-state index contributed by atoms with van der Waals surface area (Å²) in [6.45, 7) is 2.30. The van der Waals surface area contributed by atoms with Gasteiger partial charge in [-0.1, -0.05) is 43.3 Å². The Morgan fingerprint density at radius 1 is 1.08 bits per heavy atom. The number of carbonyl (C=O) groups excluding carboxylic acids is 1. The van der Waals surface area contributed by atoms with Crippen molar-refractivity contribution in [1.29, 1.82) is 0 Å². The van der Waals surface area contributed by atoms with E-state index in [9.17, 15) is 4.79 Å². The van der Waals surface area contributed by atoms with Gasteiger partial charge in [-0.05, 0) is 35.2 Å². The van der Waals surface area contributed by atoms with Crippen molar-refractivity contribution in [3.05, 3.63) is 54.1 Å². The van der Waals surface area contributed by atoms with Gasteiger partial charge in [0.25, 0.3) is 0 Å². The topological polar surface area (TPSA) is 70.6 Å². The first-order valence-electron chi connectivity index (χ1n) is 8.04. The highest BCUT2D eigenvalue weighted by Gasteiger charge is 2.08. The summed E-state index contributed by atoms with van der Waals surface area (Å²) in [5.41, 5.74) is 3.23. The number of urea groups is 1. The second-order valence-corrected chi connectivity index (χ2v) is 5.54. The van der Waals surface area contributed by atoms with Crippen molar-refractivity contribution >= 4 is 6.03 Å². The summed E-state index contributed by atoms with van der Waals surface area (Å²) in [5, 5.41) is 14.6. The normalized spacial score (nSPS) is 11.6. The highest BCUT2D eigenvalue weighted by atomic mass is 16.5. The molecule has 3 N–H and O–H groups in total. The van der Waals surface area contributed by atoms with E-state index in [0.29, 0.717) is 13.0 Å². The maximum Gasteiger partial charge on any atom is 0.315 e. The molecule has 2 rings (SSSR count). The molecular weight excluding hydrogens is 304 g/mol. The highest BCUT2D eigenvalue weighted by molar-refractivity contribution is 5.74. The van der Waals surface area contributed by atoms with Crippen LogP contribution >= 0.6 is 0 Å². The minimum absolute atomic E-state index is 0.0551. The van der Waals surface area contributed by atoms with Gasteiger partial charge >= 0.3 is 6.03 Å². The van der Waals surface area contributed by atoms with Gasteiger partial charge in [-0.2, -0.15) is 0 Å². The van der Waals surface area contributed by atoms with Crippen LogP contribution in [0.4, 0.5) is 4.79 Å². The lowest BCUT2D eigenvalue weighted by atomic mass is 10.0. The van der Waals surface area contributed by atoms with Crippen molar-refractivity contribution in [2.45, 2.75) is 25.9 Å². The monoisotopic (exact) mass is 328 g/mol. The van der Waals surface area contributed by atoms with Gasteiger partial charge in [0.05, 0.1) is 19.8 Å². The Balaban J connectivity index is 1.90. The van der Waals surface area contributed by atoms with Crippen LogP contribution < -0.4 is 15.4 Å². The molecule has 0 fully saturated rings. The van der Waals surface area contributed by atoms with Crippen LogP contribution in [0, 0.1) is 0 Å². The van der Waals surface area contributed by atoms with E-state index in [1.54, 1.807) is 7.11 Å². The van der Waals surface area contributed by atoms with Crippen LogP contribution in [0.15, 0.2) is 48.5 Å². The van der Waals surface area contributed by atoms with Crippen LogP contribution in [0.1, 0.15) is 18.9 Å². The van der Waals surface area contributed by atoms with Crippen LogP contribution in [0.2, 0.25) is 0 Å². The van der Waals surface area contributed by atoms with E-state index >= 15 is 0 Å². The minimum Gasteiger partial charge on any atom is -0.497 e. The van der Waals surface area contributed by atoms with Gasteiger partial charge in [0, 0.05) is 6.54 Å². The predicted octanol–water partition coefficient (Wildman–Crippen LogP) is 2.93. The number of methoxy groups -OCH3 is 1. The Kier molecular flexibility index (Phi) is 6.63. The molecule has 128 valence electrons. The van der Waals surface area contributed by atoms with Gasteiger partial charge in [0.15, 0.2) is 0 Å². The maximum absolute atomic E-state index is 11.7. The molecule has 1 unspecified atom stereocenters. The van der Waals surface area contributed by atoms with Gasteiger partial charge in [0.2, 0.25) is 0 Å². The van der Waals surface area contributed by atoms with E-state index in [1.165, 1.54) is 0 Å². The summed E-state index contributed by atoms with van der Waals surface area (Å²) in [6, 6.07) is 15.4. The number of nitrogens with one attached hydrogen (secondary N) is 2. The average molecular weight is 328 g/mol. The third-order valence-electron chi connectivity index (χ3n) is 3.88. The fraction of sp³-hybridized carbons (Fsp3) is 0.316. The molecule has 0 heterocycles. The number of ether oxygens (including phenoxy) is 1. The molecule has 0 aromatic heterocycles. The SMILES string of the molecule is CCC(CO)NC(=O)NCc1ccc(-c2ccc(OC)cc2)cc1. The molecule has 5 nitrogen and oxygen atoms in total. The Labute approximate surface area is 142 Å². The number of benzene rings is 2. The second kappa shape index (κ2) is 8.93. The molecule has 0 bridgehead atoms. The highest BCUT2D eigenvalue weighted by Crippen LogP contribution is 2.22. The number of rotatable bonds is 7. The van der Waals surface area contributed by atoms with E-state index in [2.05, 4.69) is 10.6 Å². The molecule has 0 saturated carbocycles. The number of carbonyl (C=O) groups is 1. The molecule has 0 aliphatic heterocycles. The summed E-state index contributed by atoms with van der Waals surface area (Å²) in [4.78, 5) is 11.7. The van der Waals surface area contributed by atoms with E-state index in [1.807, 2.05) is 55.5 Å². The van der Waals surface area contributed by atoms with Crippen molar-refractivity contribution in [3.8, 4) is 16.9 Å². The van der Waals surface area contributed by atoms with Crippen LogP contribution in [-0.4, -0.2) is 30.9 Å². The number of hydrogen-bond donors (Lipinski definition) is 3.